The van der Waals surface area contributed by atoms with E-state index in [2.05, 4.69) is 61.4 Å². The molecule has 3 aromatic rings. The van der Waals surface area contributed by atoms with E-state index >= 15 is 4.39 Å². The highest BCUT2D eigenvalue weighted by molar-refractivity contribution is 7.18. The van der Waals surface area contributed by atoms with E-state index in [1.807, 2.05) is 24.3 Å². The van der Waals surface area contributed by atoms with Crippen LogP contribution >= 0.6 is 11.3 Å². The first kappa shape index (κ1) is 20.7. The zero-order chi connectivity index (χ0) is 23.0. The van der Waals surface area contributed by atoms with Crippen LogP contribution in [0.25, 0.3) is 10.2 Å². The van der Waals surface area contributed by atoms with E-state index in [4.69, 9.17) is 9.72 Å². The number of benzene rings is 2. The quantitative estimate of drug-likeness (QED) is 0.449. The molecule has 2 aromatic carbocycles. The van der Waals surface area contributed by atoms with Crippen LogP contribution in [-0.4, -0.2) is 36.1 Å². The van der Waals surface area contributed by atoms with E-state index < -0.39 is 5.60 Å². The smallest absolute Gasteiger partial charge is 0.132 e. The van der Waals surface area contributed by atoms with E-state index in [9.17, 15) is 0 Å². The Kier molecular flexibility index (Phi) is 4.54. The summed E-state index contributed by atoms with van der Waals surface area (Å²) >= 11 is 1.71. The van der Waals surface area contributed by atoms with Crippen molar-refractivity contribution in [2.24, 2.45) is 5.92 Å². The molecule has 1 aromatic heterocycles. The van der Waals surface area contributed by atoms with E-state index in [0.29, 0.717) is 5.56 Å². The molecule has 172 valence electrons. The average molecular weight is 471 g/mol. The Hall–Kier alpha value is -2.60. The molecular formula is C29H27FN2OS. The molecule has 7 rings (SSSR count). The molecule has 5 unspecified atom stereocenters. The standard InChI is InChI=1S/C29H27FN2OS/c1-17(28-31-23-11-3-4-12-25(23)34-28)29(26-18-7-5-8-19(26)15-18)22-10-6-9-20(27(22)30)21-16-32(2)14-13-24(21)33-29/h3-12,15,17,21,24,26H,13-14,16H2,1-2H3. The number of para-hydroxylation sites is 1. The van der Waals surface area contributed by atoms with Crippen LogP contribution in [0.1, 0.15) is 41.3 Å². The van der Waals surface area contributed by atoms with Crippen molar-refractivity contribution < 1.29 is 9.13 Å². The Morgan fingerprint density at radius 3 is 2.85 bits per heavy atom. The van der Waals surface area contributed by atoms with Crippen LogP contribution in [0.5, 0.6) is 0 Å². The predicted molar refractivity (Wildman–Crippen MR) is 135 cm³/mol. The van der Waals surface area contributed by atoms with Gasteiger partial charge >= 0.3 is 0 Å². The highest BCUT2D eigenvalue weighted by Crippen LogP contribution is 2.60. The summed E-state index contributed by atoms with van der Waals surface area (Å²) in [6, 6.07) is 14.2. The number of aromatic nitrogens is 1. The number of fused-ring (bicyclic) bond motifs is 7. The van der Waals surface area contributed by atoms with Gasteiger partial charge in [-0.25, -0.2) is 9.37 Å². The zero-order valence-corrected chi connectivity index (χ0v) is 20.2. The minimum atomic E-state index is -0.843. The number of piperidine rings is 1. The summed E-state index contributed by atoms with van der Waals surface area (Å²) in [7, 11) is 2.12. The minimum absolute atomic E-state index is 0.00247. The Labute approximate surface area is 203 Å². The van der Waals surface area contributed by atoms with Gasteiger partial charge in [0.1, 0.15) is 11.4 Å². The van der Waals surface area contributed by atoms with Gasteiger partial charge in [0.2, 0.25) is 0 Å². The molecular weight excluding hydrogens is 443 g/mol. The summed E-state index contributed by atoms with van der Waals surface area (Å²) in [5.74, 6) is -0.172. The summed E-state index contributed by atoms with van der Waals surface area (Å²) in [4.78, 5) is 7.33. The van der Waals surface area contributed by atoms with Crippen molar-refractivity contribution in [2.75, 3.05) is 20.1 Å². The summed E-state index contributed by atoms with van der Waals surface area (Å²) in [6.07, 6.45) is 9.50. The fourth-order valence-corrected chi connectivity index (χ4v) is 7.65. The van der Waals surface area contributed by atoms with Gasteiger partial charge in [-0.15, -0.1) is 11.3 Å². The second-order valence-electron chi connectivity index (χ2n) is 10.2. The Morgan fingerprint density at radius 1 is 1.18 bits per heavy atom. The Balaban J connectivity index is 1.46. The molecule has 34 heavy (non-hydrogen) atoms. The van der Waals surface area contributed by atoms with Gasteiger partial charge in [-0.05, 0) is 42.3 Å². The number of hydrogen-bond donors (Lipinski definition) is 0. The summed E-state index contributed by atoms with van der Waals surface area (Å²) in [5, 5.41) is 1.01. The fraction of sp³-hybridized carbons (Fsp3) is 0.345. The van der Waals surface area contributed by atoms with Gasteiger partial charge in [0.15, 0.2) is 0 Å². The van der Waals surface area contributed by atoms with Gasteiger partial charge in [0, 0.05) is 36.4 Å². The van der Waals surface area contributed by atoms with Gasteiger partial charge < -0.3 is 9.64 Å². The SMILES string of the molecule is CC(c1nc2ccccc2s1)C1(C2c3cccc2c3)OC2CCN(C)CC2c2cccc1c2F. The normalized spacial score (nSPS) is 30.7. The van der Waals surface area contributed by atoms with Crippen molar-refractivity contribution >= 4 is 21.6 Å². The van der Waals surface area contributed by atoms with Gasteiger partial charge in [0.05, 0.1) is 21.3 Å². The Morgan fingerprint density at radius 2 is 2.06 bits per heavy atom. The summed E-state index contributed by atoms with van der Waals surface area (Å²) in [5.41, 5.74) is 4.09. The molecule has 1 saturated heterocycles. The lowest BCUT2D eigenvalue weighted by Gasteiger charge is -2.51. The lowest BCUT2D eigenvalue weighted by atomic mass is 9.60. The van der Waals surface area contributed by atoms with Crippen LogP contribution in [0.4, 0.5) is 4.39 Å². The fourth-order valence-electron chi connectivity index (χ4n) is 6.56. The van der Waals surface area contributed by atoms with Crippen LogP contribution in [0.3, 0.4) is 0 Å². The lowest BCUT2D eigenvalue weighted by molar-refractivity contribution is -0.152. The molecule has 0 N–H and O–H groups in total. The van der Waals surface area contributed by atoms with Crippen LogP contribution < -0.4 is 0 Å². The number of likely N-dealkylation sites (tertiary alicyclic amines) is 1. The van der Waals surface area contributed by atoms with Gasteiger partial charge in [-0.2, -0.15) is 0 Å². The first-order valence-corrected chi connectivity index (χ1v) is 13.0. The van der Waals surface area contributed by atoms with Crippen LogP contribution in [-0.2, 0) is 10.3 Å². The van der Waals surface area contributed by atoms with Crippen molar-refractivity contribution in [3.8, 4) is 0 Å². The first-order chi connectivity index (χ1) is 16.6. The van der Waals surface area contributed by atoms with Gasteiger partial charge in [-0.1, -0.05) is 61.6 Å². The number of thiazole rings is 1. The van der Waals surface area contributed by atoms with E-state index in [1.54, 1.807) is 11.3 Å². The molecule has 3 heterocycles. The van der Waals surface area contributed by atoms with Crippen molar-refractivity contribution in [1.29, 1.82) is 0 Å². The molecule has 5 atom stereocenters. The lowest BCUT2D eigenvalue weighted by Crippen LogP contribution is -2.51. The third kappa shape index (κ3) is 2.78. The number of hydrogen-bond acceptors (Lipinski definition) is 4. The number of allylic oxidation sites excluding steroid dienone is 4. The second kappa shape index (κ2) is 7.45. The number of nitrogens with zero attached hydrogens (tertiary/aromatic N) is 2. The van der Waals surface area contributed by atoms with E-state index in [0.717, 1.165) is 40.3 Å². The van der Waals surface area contributed by atoms with Gasteiger partial charge in [0.25, 0.3) is 0 Å². The number of likely N-dealkylation sites (N-methyl/N-ethyl adjacent to an activating group) is 1. The van der Waals surface area contributed by atoms with Crippen molar-refractivity contribution in [2.45, 2.75) is 36.9 Å². The zero-order valence-electron chi connectivity index (χ0n) is 19.4. The summed E-state index contributed by atoms with van der Waals surface area (Å²) < 4.78 is 25.0. The highest BCUT2D eigenvalue weighted by atomic mass is 32.1. The number of ether oxygens (including phenoxy) is 1. The van der Waals surface area contributed by atoms with Crippen molar-refractivity contribution in [1.82, 2.24) is 9.88 Å². The maximum atomic E-state index is 16.5. The maximum absolute atomic E-state index is 16.5. The van der Waals surface area contributed by atoms with E-state index in [-0.39, 0.29) is 29.7 Å². The van der Waals surface area contributed by atoms with Crippen molar-refractivity contribution in [3.05, 3.63) is 99.9 Å². The van der Waals surface area contributed by atoms with Crippen molar-refractivity contribution in [3.63, 3.8) is 0 Å². The third-order valence-electron chi connectivity index (χ3n) is 8.28. The first-order valence-electron chi connectivity index (χ1n) is 12.2. The molecule has 0 spiro atoms. The topological polar surface area (TPSA) is 25.4 Å². The average Bonchev–Trinajstić information content (AvgIpc) is 3.27. The highest BCUT2D eigenvalue weighted by Gasteiger charge is 2.57. The molecule has 1 fully saturated rings. The molecule has 0 amide bonds. The number of halogens is 1. The van der Waals surface area contributed by atoms with Crippen LogP contribution in [0.2, 0.25) is 0 Å². The monoisotopic (exact) mass is 470 g/mol. The molecule has 4 bridgehead atoms. The van der Waals surface area contributed by atoms with Crippen LogP contribution in [0.15, 0.2) is 77.9 Å². The largest absolute Gasteiger partial charge is 0.364 e. The third-order valence-corrected chi connectivity index (χ3v) is 9.50. The molecule has 4 aliphatic rings. The molecule has 3 nitrogen and oxygen atoms in total. The molecule has 0 radical (unpaired) electrons. The molecule has 5 heteroatoms. The predicted octanol–water partition coefficient (Wildman–Crippen LogP) is 6.30. The maximum Gasteiger partial charge on any atom is 0.132 e. The molecule has 2 aliphatic carbocycles. The molecule has 0 saturated carbocycles. The number of rotatable bonds is 3. The van der Waals surface area contributed by atoms with Crippen LogP contribution in [0, 0.1) is 11.7 Å². The molecule has 2 aliphatic heterocycles. The second-order valence-corrected chi connectivity index (χ2v) is 11.2. The Bertz CT molecular complexity index is 1360. The minimum Gasteiger partial charge on any atom is -0.364 e. The van der Waals surface area contributed by atoms with Gasteiger partial charge in [-0.3, -0.25) is 0 Å². The summed E-state index contributed by atoms with van der Waals surface area (Å²) in [6.45, 7) is 3.96. The van der Waals surface area contributed by atoms with E-state index in [1.165, 1.54) is 11.1 Å².